The van der Waals surface area contributed by atoms with E-state index in [1.165, 1.54) is 18.7 Å². The molecular formula is C16H15N3OS. The third-order valence-electron chi connectivity index (χ3n) is 3.15. The first-order valence-electron chi connectivity index (χ1n) is 6.49. The van der Waals surface area contributed by atoms with E-state index in [2.05, 4.69) is 4.98 Å². The first kappa shape index (κ1) is 15.2. The fourth-order valence-corrected chi connectivity index (χ4v) is 2.91. The number of hydrogen-bond acceptors (Lipinski definition) is 5. The predicted octanol–water partition coefficient (Wildman–Crippen LogP) is 3.38. The number of carbonyl (C=O) groups is 1. The number of nitriles is 1. The highest BCUT2D eigenvalue weighted by Crippen LogP contribution is 2.24. The number of ketones is 1. The molecule has 0 aliphatic carbocycles. The maximum absolute atomic E-state index is 11.9. The van der Waals surface area contributed by atoms with Gasteiger partial charge in [-0.25, -0.2) is 4.98 Å². The van der Waals surface area contributed by atoms with E-state index >= 15 is 0 Å². The molecule has 5 heteroatoms. The van der Waals surface area contributed by atoms with Crippen molar-refractivity contribution in [1.82, 2.24) is 4.98 Å². The quantitative estimate of drug-likeness (QED) is 0.678. The minimum atomic E-state index is -0.945. The van der Waals surface area contributed by atoms with Crippen molar-refractivity contribution in [3.05, 3.63) is 35.9 Å². The Kier molecular flexibility index (Phi) is 4.71. The van der Waals surface area contributed by atoms with Gasteiger partial charge in [0.25, 0.3) is 0 Å². The molecule has 0 saturated heterocycles. The van der Waals surface area contributed by atoms with Crippen LogP contribution in [0.25, 0.3) is 10.9 Å². The van der Waals surface area contributed by atoms with Crippen LogP contribution in [0, 0.1) is 29.6 Å². The summed E-state index contributed by atoms with van der Waals surface area (Å²) >= 11 is 1.31. The van der Waals surface area contributed by atoms with Crippen LogP contribution >= 0.6 is 11.8 Å². The summed E-state index contributed by atoms with van der Waals surface area (Å²) < 4.78 is 0. The molecule has 0 unspecified atom stereocenters. The second-order valence-electron chi connectivity index (χ2n) is 4.79. The fraction of sp³-hybridized carbons (Fsp3) is 0.250. The first-order chi connectivity index (χ1) is 10.0. The zero-order valence-corrected chi connectivity index (χ0v) is 12.7. The van der Waals surface area contributed by atoms with Crippen LogP contribution in [0.2, 0.25) is 0 Å². The lowest BCUT2D eigenvalue weighted by molar-refractivity contribution is -0.117. The molecular weight excluding hydrogens is 282 g/mol. The molecule has 106 valence electrons. The highest BCUT2D eigenvalue weighted by molar-refractivity contribution is 7.99. The largest absolute Gasteiger partial charge is 0.308 e. The molecule has 0 radical (unpaired) electrons. The Morgan fingerprint density at radius 1 is 1.48 bits per heavy atom. The SMILES string of the molecule is CC(=N)[C@H](C#N)C(=O)CSc1cc(C)c2ccccc2n1. The van der Waals surface area contributed by atoms with Gasteiger partial charge in [-0.2, -0.15) is 5.26 Å². The Morgan fingerprint density at radius 3 is 2.86 bits per heavy atom. The van der Waals surface area contributed by atoms with E-state index in [0.29, 0.717) is 0 Å². The van der Waals surface area contributed by atoms with Crippen LogP contribution in [0.4, 0.5) is 0 Å². The van der Waals surface area contributed by atoms with E-state index in [-0.39, 0.29) is 17.2 Å². The highest BCUT2D eigenvalue weighted by atomic mass is 32.2. The van der Waals surface area contributed by atoms with Crippen LogP contribution in [0.3, 0.4) is 0 Å². The minimum absolute atomic E-state index is 0.0887. The Morgan fingerprint density at radius 2 is 2.19 bits per heavy atom. The molecule has 0 amide bonds. The molecule has 4 nitrogen and oxygen atoms in total. The van der Waals surface area contributed by atoms with Gasteiger partial charge in [0.1, 0.15) is 5.92 Å². The summed E-state index contributed by atoms with van der Waals surface area (Å²) in [5.41, 5.74) is 2.09. The highest BCUT2D eigenvalue weighted by Gasteiger charge is 2.20. The molecule has 1 aromatic carbocycles. The number of hydrogen-bond donors (Lipinski definition) is 1. The third-order valence-corrected chi connectivity index (χ3v) is 4.08. The van der Waals surface area contributed by atoms with E-state index in [4.69, 9.17) is 10.7 Å². The zero-order valence-electron chi connectivity index (χ0n) is 11.9. The van der Waals surface area contributed by atoms with Gasteiger partial charge >= 0.3 is 0 Å². The number of benzene rings is 1. The Balaban J connectivity index is 2.16. The summed E-state index contributed by atoms with van der Waals surface area (Å²) in [6.45, 7) is 3.49. The van der Waals surface area contributed by atoms with E-state index < -0.39 is 5.92 Å². The Labute approximate surface area is 127 Å². The number of nitrogens with one attached hydrogen (secondary N) is 1. The maximum atomic E-state index is 11.9. The fourth-order valence-electron chi connectivity index (χ4n) is 2.03. The summed E-state index contributed by atoms with van der Waals surface area (Å²) in [6.07, 6.45) is 0. The van der Waals surface area contributed by atoms with Gasteiger partial charge in [-0.3, -0.25) is 4.79 Å². The zero-order chi connectivity index (χ0) is 15.4. The van der Waals surface area contributed by atoms with Gasteiger partial charge in [0, 0.05) is 11.1 Å². The third kappa shape index (κ3) is 3.47. The lowest BCUT2D eigenvalue weighted by atomic mass is 10.0. The molecule has 1 N–H and O–H groups in total. The second kappa shape index (κ2) is 6.51. The van der Waals surface area contributed by atoms with Crippen LogP contribution in [0.5, 0.6) is 0 Å². The molecule has 2 aromatic rings. The number of para-hydroxylation sites is 1. The number of thioether (sulfide) groups is 1. The van der Waals surface area contributed by atoms with Crippen molar-refractivity contribution in [2.75, 3.05) is 5.75 Å². The van der Waals surface area contributed by atoms with E-state index in [0.717, 1.165) is 21.5 Å². The van der Waals surface area contributed by atoms with Gasteiger partial charge in [0.2, 0.25) is 0 Å². The number of pyridine rings is 1. The smallest absolute Gasteiger partial charge is 0.165 e. The van der Waals surface area contributed by atoms with Crippen molar-refractivity contribution in [2.24, 2.45) is 5.92 Å². The standard InChI is InChI=1S/C16H15N3OS/c1-10-7-16(19-14-6-4-3-5-12(10)14)21-9-15(20)13(8-17)11(2)18/h3-7,13,18H,9H2,1-2H3/t13-/m0/s1. The van der Waals surface area contributed by atoms with Crippen molar-refractivity contribution >= 4 is 34.2 Å². The lowest BCUT2D eigenvalue weighted by Gasteiger charge is -2.08. The molecule has 21 heavy (non-hydrogen) atoms. The number of carbonyl (C=O) groups excluding carboxylic acids is 1. The van der Waals surface area contributed by atoms with E-state index in [1.807, 2.05) is 43.3 Å². The van der Waals surface area contributed by atoms with Crippen molar-refractivity contribution in [2.45, 2.75) is 18.9 Å². The van der Waals surface area contributed by atoms with Crippen molar-refractivity contribution in [1.29, 1.82) is 10.7 Å². The van der Waals surface area contributed by atoms with E-state index in [1.54, 1.807) is 0 Å². The van der Waals surface area contributed by atoms with Crippen LogP contribution in [0.1, 0.15) is 12.5 Å². The molecule has 0 spiro atoms. The molecule has 0 aliphatic rings. The first-order valence-corrected chi connectivity index (χ1v) is 7.48. The summed E-state index contributed by atoms with van der Waals surface area (Å²) in [7, 11) is 0. The topological polar surface area (TPSA) is 77.6 Å². The van der Waals surface area contributed by atoms with Crippen molar-refractivity contribution < 1.29 is 4.79 Å². The van der Waals surface area contributed by atoms with Gasteiger partial charge in [-0.05, 0) is 31.5 Å². The van der Waals surface area contributed by atoms with Crippen LogP contribution in [0.15, 0.2) is 35.4 Å². The second-order valence-corrected chi connectivity index (χ2v) is 5.79. The predicted molar refractivity (Wildman–Crippen MR) is 84.7 cm³/mol. The lowest BCUT2D eigenvalue weighted by Crippen LogP contribution is -2.21. The summed E-state index contributed by atoms with van der Waals surface area (Å²) in [4.78, 5) is 16.4. The molecule has 2 rings (SSSR count). The summed E-state index contributed by atoms with van der Waals surface area (Å²) in [5, 5.41) is 18.2. The molecule has 0 bridgehead atoms. The number of Topliss-reactive ketones (excluding diaryl/α,β-unsaturated/α-hetero) is 1. The van der Waals surface area contributed by atoms with E-state index in [9.17, 15) is 4.79 Å². The van der Waals surface area contributed by atoms with Crippen LogP contribution in [-0.4, -0.2) is 22.2 Å². The molecule has 1 atom stereocenters. The van der Waals surface area contributed by atoms with Gasteiger partial charge in [0.15, 0.2) is 5.78 Å². The monoisotopic (exact) mass is 297 g/mol. The Bertz CT molecular complexity index is 749. The Hall–Kier alpha value is -2.19. The average Bonchev–Trinajstić information content (AvgIpc) is 2.45. The summed E-state index contributed by atoms with van der Waals surface area (Å²) in [6, 6.07) is 11.7. The summed E-state index contributed by atoms with van der Waals surface area (Å²) in [5.74, 6) is -1.04. The molecule has 0 aliphatic heterocycles. The van der Waals surface area contributed by atoms with Gasteiger partial charge in [0.05, 0.1) is 22.4 Å². The van der Waals surface area contributed by atoms with Gasteiger partial charge < -0.3 is 5.41 Å². The van der Waals surface area contributed by atoms with Crippen LogP contribution < -0.4 is 0 Å². The number of aromatic nitrogens is 1. The minimum Gasteiger partial charge on any atom is -0.308 e. The number of aryl methyl sites for hydroxylation is 1. The molecule has 1 heterocycles. The number of nitrogens with zero attached hydrogens (tertiary/aromatic N) is 2. The van der Waals surface area contributed by atoms with Crippen molar-refractivity contribution in [3.63, 3.8) is 0 Å². The van der Waals surface area contributed by atoms with Gasteiger partial charge in [-0.1, -0.05) is 30.0 Å². The number of rotatable bonds is 5. The molecule has 1 aromatic heterocycles. The van der Waals surface area contributed by atoms with Gasteiger partial charge in [-0.15, -0.1) is 0 Å². The molecule has 0 saturated carbocycles. The average molecular weight is 297 g/mol. The van der Waals surface area contributed by atoms with Crippen LogP contribution in [-0.2, 0) is 4.79 Å². The maximum Gasteiger partial charge on any atom is 0.165 e. The number of fused-ring (bicyclic) bond motifs is 1. The molecule has 0 fully saturated rings. The van der Waals surface area contributed by atoms with Crippen molar-refractivity contribution in [3.8, 4) is 6.07 Å². The normalized spacial score (nSPS) is 11.9.